The topological polar surface area (TPSA) is 0 Å². The molecular formula is C18H26. The van der Waals surface area contributed by atoms with Gasteiger partial charge in [-0.25, -0.2) is 0 Å². The van der Waals surface area contributed by atoms with Crippen LogP contribution in [0.4, 0.5) is 0 Å². The summed E-state index contributed by atoms with van der Waals surface area (Å²) in [6.07, 6.45) is 7.10. The summed E-state index contributed by atoms with van der Waals surface area (Å²) in [4.78, 5) is 0. The van der Waals surface area contributed by atoms with Crippen LogP contribution in [0.5, 0.6) is 0 Å². The number of rotatable bonds is 0. The molecular weight excluding hydrogens is 216 g/mol. The van der Waals surface area contributed by atoms with Crippen LogP contribution >= 0.6 is 0 Å². The summed E-state index contributed by atoms with van der Waals surface area (Å²) in [5.74, 6) is 2.81. The maximum absolute atomic E-state index is 2.52. The van der Waals surface area contributed by atoms with Gasteiger partial charge in [-0.3, -0.25) is 0 Å². The van der Waals surface area contributed by atoms with E-state index in [-0.39, 0.29) is 0 Å². The van der Waals surface area contributed by atoms with Gasteiger partial charge in [-0.15, -0.1) is 0 Å². The summed E-state index contributed by atoms with van der Waals surface area (Å²) in [5, 5.41) is 0. The molecule has 0 aromatic heterocycles. The van der Waals surface area contributed by atoms with E-state index in [1.165, 1.54) is 43.2 Å². The predicted molar refractivity (Wildman–Crippen MR) is 78.2 cm³/mol. The summed E-state index contributed by atoms with van der Waals surface area (Å²) in [6.45, 7) is 9.36. The highest BCUT2D eigenvalue weighted by atomic mass is 14.4. The molecule has 3 atom stereocenters. The Morgan fingerprint density at radius 1 is 1.00 bits per heavy atom. The van der Waals surface area contributed by atoms with Crippen molar-refractivity contribution in [1.29, 1.82) is 0 Å². The molecule has 0 nitrogen and oxygen atoms in total. The van der Waals surface area contributed by atoms with Crippen LogP contribution in [-0.2, 0) is 6.42 Å². The molecule has 1 saturated carbocycles. The van der Waals surface area contributed by atoms with Crippen LogP contribution in [-0.4, -0.2) is 0 Å². The van der Waals surface area contributed by atoms with E-state index in [1.807, 2.05) is 0 Å². The van der Waals surface area contributed by atoms with Gasteiger partial charge in [0.15, 0.2) is 0 Å². The summed E-state index contributed by atoms with van der Waals surface area (Å²) in [6, 6.07) is 2.52. The molecule has 0 heteroatoms. The molecule has 1 aromatic rings. The van der Waals surface area contributed by atoms with Crippen LogP contribution in [0.25, 0.3) is 0 Å². The summed E-state index contributed by atoms with van der Waals surface area (Å²) >= 11 is 0. The highest BCUT2D eigenvalue weighted by Gasteiger charge is 2.34. The standard InChI is InChI=1S/C18H26/c1-11-5-7-17-15(9-11)6-8-16-14(4)13(3)12(2)10-18(16)17/h10-11,15,17H,5-9H2,1-4H3. The molecule has 1 aromatic carbocycles. The predicted octanol–water partition coefficient (Wildman–Crippen LogP) is 5.08. The third-order valence-corrected chi connectivity index (χ3v) is 5.74. The number of hydrogen-bond donors (Lipinski definition) is 0. The van der Waals surface area contributed by atoms with Crippen molar-refractivity contribution in [2.75, 3.05) is 0 Å². The molecule has 0 bridgehead atoms. The summed E-state index contributed by atoms with van der Waals surface area (Å²) in [7, 11) is 0. The first kappa shape index (κ1) is 12.3. The lowest BCUT2D eigenvalue weighted by atomic mass is 9.64. The average molecular weight is 242 g/mol. The Hall–Kier alpha value is -0.780. The quantitative estimate of drug-likeness (QED) is 0.595. The van der Waals surface area contributed by atoms with E-state index in [0.29, 0.717) is 0 Å². The molecule has 0 radical (unpaired) electrons. The van der Waals surface area contributed by atoms with Gasteiger partial charge in [-0.05, 0) is 92.0 Å². The maximum Gasteiger partial charge on any atom is -0.0130 e. The number of fused-ring (bicyclic) bond motifs is 3. The van der Waals surface area contributed by atoms with Gasteiger partial charge in [0.25, 0.3) is 0 Å². The molecule has 2 aliphatic rings. The Kier molecular flexibility index (Phi) is 3.00. The van der Waals surface area contributed by atoms with Gasteiger partial charge in [-0.2, -0.15) is 0 Å². The summed E-state index contributed by atoms with van der Waals surface area (Å²) < 4.78 is 0. The molecule has 2 aliphatic carbocycles. The first-order valence-electron chi connectivity index (χ1n) is 7.67. The van der Waals surface area contributed by atoms with E-state index in [1.54, 1.807) is 16.7 Å². The third kappa shape index (κ3) is 1.81. The van der Waals surface area contributed by atoms with E-state index < -0.39 is 0 Å². The van der Waals surface area contributed by atoms with E-state index >= 15 is 0 Å². The van der Waals surface area contributed by atoms with Crippen molar-refractivity contribution < 1.29 is 0 Å². The fraction of sp³-hybridized carbons (Fsp3) is 0.667. The zero-order valence-corrected chi connectivity index (χ0v) is 12.3. The summed E-state index contributed by atoms with van der Waals surface area (Å²) in [5.41, 5.74) is 8.04. The molecule has 0 saturated heterocycles. The van der Waals surface area contributed by atoms with Crippen LogP contribution in [0.15, 0.2) is 6.07 Å². The second-order valence-corrected chi connectivity index (χ2v) is 6.83. The molecule has 1 fully saturated rings. The van der Waals surface area contributed by atoms with Crippen molar-refractivity contribution in [2.24, 2.45) is 11.8 Å². The molecule has 0 spiro atoms. The van der Waals surface area contributed by atoms with Crippen LogP contribution in [0.3, 0.4) is 0 Å². The molecule has 98 valence electrons. The first-order chi connectivity index (χ1) is 8.58. The second kappa shape index (κ2) is 4.40. The molecule has 3 unspecified atom stereocenters. The fourth-order valence-corrected chi connectivity index (χ4v) is 4.39. The zero-order valence-electron chi connectivity index (χ0n) is 12.3. The van der Waals surface area contributed by atoms with Crippen LogP contribution < -0.4 is 0 Å². The van der Waals surface area contributed by atoms with Gasteiger partial charge in [0.1, 0.15) is 0 Å². The van der Waals surface area contributed by atoms with Gasteiger partial charge in [0.2, 0.25) is 0 Å². The molecule has 0 amide bonds. The minimum absolute atomic E-state index is 0.878. The van der Waals surface area contributed by atoms with Gasteiger partial charge in [-0.1, -0.05) is 19.4 Å². The van der Waals surface area contributed by atoms with Gasteiger partial charge < -0.3 is 0 Å². The minimum atomic E-state index is 0.878. The molecule has 3 rings (SSSR count). The van der Waals surface area contributed by atoms with E-state index in [9.17, 15) is 0 Å². The van der Waals surface area contributed by atoms with Gasteiger partial charge in [0, 0.05) is 0 Å². The Morgan fingerprint density at radius 2 is 1.78 bits per heavy atom. The van der Waals surface area contributed by atoms with Gasteiger partial charge >= 0.3 is 0 Å². The normalized spacial score (nSPS) is 30.8. The molecule has 0 aliphatic heterocycles. The number of hydrogen-bond acceptors (Lipinski definition) is 0. The lowest BCUT2D eigenvalue weighted by Gasteiger charge is -2.40. The second-order valence-electron chi connectivity index (χ2n) is 6.83. The lowest BCUT2D eigenvalue weighted by molar-refractivity contribution is 0.221. The third-order valence-electron chi connectivity index (χ3n) is 5.74. The monoisotopic (exact) mass is 242 g/mol. The SMILES string of the molecule is Cc1cc2c(c(C)c1C)CCC1CC(C)CCC21. The number of benzene rings is 1. The Labute approximate surface area is 112 Å². The molecule has 0 heterocycles. The fourth-order valence-electron chi connectivity index (χ4n) is 4.39. The Bertz CT molecular complexity index is 469. The Morgan fingerprint density at radius 3 is 2.56 bits per heavy atom. The van der Waals surface area contributed by atoms with E-state index in [4.69, 9.17) is 0 Å². The minimum Gasteiger partial charge on any atom is -0.0625 e. The van der Waals surface area contributed by atoms with Crippen LogP contribution in [0.2, 0.25) is 0 Å². The van der Waals surface area contributed by atoms with E-state index in [2.05, 4.69) is 33.8 Å². The maximum atomic E-state index is 2.52. The lowest BCUT2D eigenvalue weighted by Crippen LogP contribution is -2.28. The van der Waals surface area contributed by atoms with Crippen LogP contribution in [0, 0.1) is 32.6 Å². The van der Waals surface area contributed by atoms with Crippen LogP contribution in [0.1, 0.15) is 66.3 Å². The van der Waals surface area contributed by atoms with Crippen molar-refractivity contribution in [3.05, 3.63) is 33.9 Å². The van der Waals surface area contributed by atoms with Crippen molar-refractivity contribution in [2.45, 2.75) is 65.7 Å². The van der Waals surface area contributed by atoms with Crippen molar-refractivity contribution in [1.82, 2.24) is 0 Å². The first-order valence-corrected chi connectivity index (χ1v) is 7.67. The van der Waals surface area contributed by atoms with E-state index in [0.717, 1.165) is 17.8 Å². The molecule has 18 heavy (non-hydrogen) atoms. The Balaban J connectivity index is 2.05. The largest absolute Gasteiger partial charge is 0.0625 e. The van der Waals surface area contributed by atoms with Crippen molar-refractivity contribution in [3.63, 3.8) is 0 Å². The average Bonchev–Trinajstić information content (AvgIpc) is 2.35. The van der Waals surface area contributed by atoms with Crippen molar-refractivity contribution >= 4 is 0 Å². The zero-order chi connectivity index (χ0) is 12.9. The van der Waals surface area contributed by atoms with Gasteiger partial charge in [0.05, 0.1) is 0 Å². The van der Waals surface area contributed by atoms with Crippen molar-refractivity contribution in [3.8, 4) is 0 Å². The highest BCUT2D eigenvalue weighted by Crippen LogP contribution is 2.48. The number of aryl methyl sites for hydroxylation is 1. The highest BCUT2D eigenvalue weighted by molar-refractivity contribution is 5.47. The smallest absolute Gasteiger partial charge is 0.0130 e. The molecule has 0 N–H and O–H groups in total.